The lowest BCUT2D eigenvalue weighted by Crippen LogP contribution is -2.49. The third-order valence-corrected chi connectivity index (χ3v) is 3.69. The maximum absolute atomic E-state index is 12.4. The smallest absolute Gasteiger partial charge is 0.322 e. The molecule has 0 aliphatic carbocycles. The van der Waals surface area contributed by atoms with E-state index >= 15 is 0 Å². The standard InChI is InChI=1S/C13H14N4O3/c1-8-4-9(6-14-5-8)10(18)17-3-2-13(7-17)11(19)15-12(20)16-13/h4-6H,2-3,7H2,1H3,(H2,15,16,19,20). The summed E-state index contributed by atoms with van der Waals surface area (Å²) in [5.41, 5.74) is 0.424. The molecule has 3 rings (SSSR count). The molecule has 2 aliphatic rings. The third kappa shape index (κ3) is 1.91. The number of carbonyl (C=O) groups is 3. The maximum atomic E-state index is 12.4. The highest BCUT2D eigenvalue weighted by Gasteiger charge is 2.51. The van der Waals surface area contributed by atoms with Crippen LogP contribution in [-0.4, -0.2) is 46.4 Å². The molecule has 7 nitrogen and oxygen atoms in total. The predicted molar refractivity (Wildman–Crippen MR) is 68.9 cm³/mol. The molecule has 0 aromatic carbocycles. The summed E-state index contributed by atoms with van der Waals surface area (Å²) in [5, 5.41) is 4.84. The molecule has 1 unspecified atom stereocenters. The van der Waals surface area contributed by atoms with Gasteiger partial charge in [-0.3, -0.25) is 19.9 Å². The monoisotopic (exact) mass is 274 g/mol. The number of nitrogens with one attached hydrogen (secondary N) is 2. The second kappa shape index (κ2) is 4.29. The van der Waals surface area contributed by atoms with Gasteiger partial charge in [0.15, 0.2) is 0 Å². The number of hydrogen-bond acceptors (Lipinski definition) is 4. The van der Waals surface area contributed by atoms with Crippen LogP contribution in [0.15, 0.2) is 18.5 Å². The number of aryl methyl sites for hydroxylation is 1. The lowest BCUT2D eigenvalue weighted by molar-refractivity contribution is -0.123. The molecule has 7 heteroatoms. The number of urea groups is 1. The third-order valence-electron chi connectivity index (χ3n) is 3.69. The van der Waals surface area contributed by atoms with Gasteiger partial charge in [0.25, 0.3) is 11.8 Å². The Morgan fingerprint density at radius 1 is 1.40 bits per heavy atom. The lowest BCUT2D eigenvalue weighted by atomic mass is 9.99. The van der Waals surface area contributed by atoms with Gasteiger partial charge < -0.3 is 10.2 Å². The van der Waals surface area contributed by atoms with Gasteiger partial charge in [-0.2, -0.15) is 0 Å². The van der Waals surface area contributed by atoms with Crippen LogP contribution in [-0.2, 0) is 4.79 Å². The summed E-state index contributed by atoms with van der Waals surface area (Å²) in [6.07, 6.45) is 3.61. The molecule has 2 saturated heterocycles. The molecule has 1 spiro atoms. The minimum absolute atomic E-state index is 0.174. The number of rotatable bonds is 1. The normalized spacial score (nSPS) is 24.9. The molecule has 1 atom stereocenters. The fourth-order valence-electron chi connectivity index (χ4n) is 2.65. The second-order valence-corrected chi connectivity index (χ2v) is 5.22. The van der Waals surface area contributed by atoms with Crippen LogP contribution in [0.25, 0.3) is 0 Å². The van der Waals surface area contributed by atoms with E-state index < -0.39 is 11.6 Å². The molecule has 104 valence electrons. The first-order valence-electron chi connectivity index (χ1n) is 6.35. The van der Waals surface area contributed by atoms with E-state index in [9.17, 15) is 14.4 Å². The van der Waals surface area contributed by atoms with Gasteiger partial charge in [-0.25, -0.2) is 4.79 Å². The van der Waals surface area contributed by atoms with Gasteiger partial charge in [0.05, 0.1) is 12.1 Å². The Morgan fingerprint density at radius 2 is 2.20 bits per heavy atom. The molecule has 0 saturated carbocycles. The van der Waals surface area contributed by atoms with Crippen molar-refractivity contribution in [3.63, 3.8) is 0 Å². The van der Waals surface area contributed by atoms with E-state index in [0.29, 0.717) is 18.5 Å². The molecule has 0 bridgehead atoms. The van der Waals surface area contributed by atoms with E-state index in [2.05, 4.69) is 15.6 Å². The van der Waals surface area contributed by atoms with Crippen LogP contribution in [0.3, 0.4) is 0 Å². The molecular weight excluding hydrogens is 260 g/mol. The van der Waals surface area contributed by atoms with Crippen molar-refractivity contribution in [1.82, 2.24) is 20.5 Å². The lowest BCUT2D eigenvalue weighted by Gasteiger charge is -2.21. The topological polar surface area (TPSA) is 91.4 Å². The Labute approximate surface area is 115 Å². The number of imide groups is 1. The van der Waals surface area contributed by atoms with Crippen LogP contribution in [0, 0.1) is 6.92 Å². The second-order valence-electron chi connectivity index (χ2n) is 5.22. The van der Waals surface area contributed by atoms with E-state index in [0.717, 1.165) is 5.56 Å². The van der Waals surface area contributed by atoms with Crippen LogP contribution in [0.1, 0.15) is 22.3 Å². The molecule has 0 radical (unpaired) electrons. The molecule has 2 N–H and O–H groups in total. The highest BCUT2D eigenvalue weighted by atomic mass is 16.2. The summed E-state index contributed by atoms with van der Waals surface area (Å²) in [4.78, 5) is 41.0. The van der Waals surface area contributed by atoms with Crippen LogP contribution in [0.4, 0.5) is 4.79 Å². The van der Waals surface area contributed by atoms with Crippen LogP contribution >= 0.6 is 0 Å². The van der Waals surface area contributed by atoms with Crippen molar-refractivity contribution in [2.24, 2.45) is 0 Å². The Kier molecular flexibility index (Phi) is 2.70. The van der Waals surface area contributed by atoms with Crippen molar-refractivity contribution in [3.05, 3.63) is 29.6 Å². The van der Waals surface area contributed by atoms with Gasteiger partial charge >= 0.3 is 6.03 Å². The highest BCUT2D eigenvalue weighted by molar-refractivity contribution is 6.08. The molecule has 1 aromatic heterocycles. The predicted octanol–water partition coefficient (Wildman–Crippen LogP) is -0.186. The molecule has 2 fully saturated rings. The van der Waals surface area contributed by atoms with Crippen LogP contribution in [0.2, 0.25) is 0 Å². The largest absolute Gasteiger partial charge is 0.336 e. The van der Waals surface area contributed by atoms with E-state index in [1.807, 2.05) is 6.92 Å². The SMILES string of the molecule is Cc1cncc(C(=O)N2CCC3(C2)NC(=O)NC3=O)c1. The first kappa shape index (κ1) is 12.6. The summed E-state index contributed by atoms with van der Waals surface area (Å²) >= 11 is 0. The Morgan fingerprint density at radius 3 is 2.85 bits per heavy atom. The van der Waals surface area contributed by atoms with Crippen LogP contribution in [0.5, 0.6) is 0 Å². The minimum Gasteiger partial charge on any atom is -0.336 e. The molecule has 1 aromatic rings. The van der Waals surface area contributed by atoms with E-state index in [1.54, 1.807) is 17.2 Å². The summed E-state index contributed by atoms with van der Waals surface area (Å²) in [5.74, 6) is -0.535. The average Bonchev–Trinajstić information content (AvgIpc) is 2.94. The fourth-order valence-corrected chi connectivity index (χ4v) is 2.65. The Bertz CT molecular complexity index is 615. The van der Waals surface area contributed by atoms with Crippen molar-refractivity contribution in [2.45, 2.75) is 18.9 Å². The molecule has 4 amide bonds. The summed E-state index contributed by atoms with van der Waals surface area (Å²) < 4.78 is 0. The van der Waals surface area contributed by atoms with Crippen molar-refractivity contribution in [1.29, 1.82) is 0 Å². The highest BCUT2D eigenvalue weighted by Crippen LogP contribution is 2.25. The number of hydrogen-bond donors (Lipinski definition) is 2. The zero-order chi connectivity index (χ0) is 14.3. The van der Waals surface area contributed by atoms with Gasteiger partial charge in [-0.15, -0.1) is 0 Å². The molecule has 20 heavy (non-hydrogen) atoms. The first-order chi connectivity index (χ1) is 9.50. The minimum atomic E-state index is -0.968. The van der Waals surface area contributed by atoms with Crippen molar-refractivity contribution >= 4 is 17.8 Å². The van der Waals surface area contributed by atoms with Gasteiger partial charge in [-0.1, -0.05) is 0 Å². The number of aromatic nitrogens is 1. The van der Waals surface area contributed by atoms with E-state index in [-0.39, 0.29) is 18.4 Å². The quantitative estimate of drug-likeness (QED) is 0.695. The van der Waals surface area contributed by atoms with E-state index in [1.165, 1.54) is 6.20 Å². The number of amides is 4. The fraction of sp³-hybridized carbons (Fsp3) is 0.385. The summed E-state index contributed by atoms with van der Waals surface area (Å²) in [6, 6.07) is 1.26. The number of likely N-dealkylation sites (tertiary alicyclic amines) is 1. The maximum Gasteiger partial charge on any atom is 0.322 e. The van der Waals surface area contributed by atoms with Crippen molar-refractivity contribution < 1.29 is 14.4 Å². The number of carbonyl (C=O) groups excluding carboxylic acids is 3. The summed E-state index contributed by atoms with van der Waals surface area (Å²) in [7, 11) is 0. The molecular formula is C13H14N4O3. The first-order valence-corrected chi connectivity index (χ1v) is 6.35. The average molecular weight is 274 g/mol. The van der Waals surface area contributed by atoms with Gasteiger partial charge in [0, 0.05) is 18.9 Å². The Hall–Kier alpha value is -2.44. The zero-order valence-corrected chi connectivity index (χ0v) is 11.0. The molecule has 2 aliphatic heterocycles. The van der Waals surface area contributed by atoms with Gasteiger partial charge in [0.1, 0.15) is 5.54 Å². The Balaban J connectivity index is 1.79. The number of nitrogens with zero attached hydrogens (tertiary/aromatic N) is 2. The zero-order valence-electron chi connectivity index (χ0n) is 11.0. The van der Waals surface area contributed by atoms with Gasteiger partial charge in [-0.05, 0) is 25.0 Å². The number of pyridine rings is 1. The van der Waals surface area contributed by atoms with Crippen molar-refractivity contribution in [3.8, 4) is 0 Å². The van der Waals surface area contributed by atoms with Crippen molar-refractivity contribution in [2.75, 3.05) is 13.1 Å². The van der Waals surface area contributed by atoms with Gasteiger partial charge in [0.2, 0.25) is 0 Å². The molecule has 3 heterocycles. The van der Waals surface area contributed by atoms with E-state index in [4.69, 9.17) is 0 Å². The summed E-state index contributed by atoms with van der Waals surface area (Å²) in [6.45, 7) is 2.48. The van der Waals surface area contributed by atoms with Crippen LogP contribution < -0.4 is 10.6 Å².